The first-order valence-corrected chi connectivity index (χ1v) is 11.6. The van der Waals surface area contributed by atoms with Crippen LogP contribution in [0.25, 0.3) is 0 Å². The number of piperidine rings is 2. The van der Waals surface area contributed by atoms with Crippen LogP contribution in [0.4, 0.5) is 5.69 Å². The second-order valence-corrected chi connectivity index (χ2v) is 9.13. The maximum Gasteiger partial charge on any atom is 0.264 e. The number of carbonyl (C=O) groups excluding carboxylic acids is 4. The molecule has 34 heavy (non-hydrogen) atoms. The van der Waals surface area contributed by atoms with Gasteiger partial charge in [0.2, 0.25) is 11.8 Å². The fraction of sp³-hybridized carbons (Fsp3) is 0.565. The average molecular weight is 512 g/mol. The monoisotopic (exact) mass is 511 g/mol. The van der Waals surface area contributed by atoms with Gasteiger partial charge in [-0.05, 0) is 50.4 Å². The topological polar surface area (TPSA) is 102 Å². The van der Waals surface area contributed by atoms with Gasteiger partial charge in [-0.25, -0.2) is 0 Å². The first kappa shape index (κ1) is 26.4. The van der Waals surface area contributed by atoms with E-state index in [9.17, 15) is 19.2 Å². The van der Waals surface area contributed by atoms with E-state index >= 15 is 0 Å². The van der Waals surface area contributed by atoms with E-state index in [4.69, 9.17) is 0 Å². The van der Waals surface area contributed by atoms with Crippen LogP contribution in [0.5, 0.6) is 0 Å². The quantitative estimate of drug-likeness (QED) is 0.582. The van der Waals surface area contributed by atoms with Crippen molar-refractivity contribution >= 4 is 54.1 Å². The van der Waals surface area contributed by atoms with Crippen LogP contribution in [0, 0.1) is 5.92 Å². The Kier molecular flexibility index (Phi) is 8.57. The largest absolute Gasteiger partial charge is 0.368 e. The number of hydrogen-bond acceptors (Lipinski definition) is 7. The third kappa shape index (κ3) is 4.93. The molecule has 0 spiro atoms. The Morgan fingerprint density at radius 3 is 2.26 bits per heavy atom. The van der Waals surface area contributed by atoms with Crippen molar-refractivity contribution in [3.8, 4) is 0 Å². The smallest absolute Gasteiger partial charge is 0.264 e. The highest BCUT2D eigenvalue weighted by molar-refractivity contribution is 6.25. The molecule has 9 nitrogen and oxygen atoms in total. The molecular formula is C23H31Cl2N5O4. The van der Waals surface area contributed by atoms with Crippen LogP contribution in [0.1, 0.15) is 46.4 Å². The van der Waals surface area contributed by atoms with Crippen LogP contribution in [-0.4, -0.2) is 85.3 Å². The van der Waals surface area contributed by atoms with Crippen LogP contribution < -0.4 is 15.5 Å². The van der Waals surface area contributed by atoms with E-state index in [1.165, 1.54) is 12.8 Å². The second-order valence-electron chi connectivity index (χ2n) is 9.13. The van der Waals surface area contributed by atoms with E-state index in [1.54, 1.807) is 12.1 Å². The second kappa shape index (κ2) is 11.0. The van der Waals surface area contributed by atoms with Crippen molar-refractivity contribution in [3.63, 3.8) is 0 Å². The van der Waals surface area contributed by atoms with Gasteiger partial charge in [-0.15, -0.1) is 24.8 Å². The van der Waals surface area contributed by atoms with Crippen molar-refractivity contribution in [1.29, 1.82) is 0 Å². The van der Waals surface area contributed by atoms with Gasteiger partial charge in [0.1, 0.15) is 6.04 Å². The SMILES string of the molecule is Cl.Cl.O=C1CCC(N2C(=O)c3cccc(N4CCN(CC5CCNCC5)CC4)c3C2=O)C(=O)N1. The fourth-order valence-electron chi connectivity index (χ4n) is 5.36. The van der Waals surface area contributed by atoms with E-state index in [0.717, 1.165) is 62.3 Å². The summed E-state index contributed by atoms with van der Waals surface area (Å²) in [6.45, 7) is 6.74. The molecular weight excluding hydrogens is 481 g/mol. The summed E-state index contributed by atoms with van der Waals surface area (Å²) in [5, 5.41) is 5.66. The lowest BCUT2D eigenvalue weighted by atomic mass is 9.97. The Hall–Kier alpha value is -2.20. The molecule has 4 aliphatic rings. The van der Waals surface area contributed by atoms with E-state index in [0.29, 0.717) is 11.1 Å². The fourth-order valence-corrected chi connectivity index (χ4v) is 5.36. The third-order valence-corrected chi connectivity index (χ3v) is 7.13. The van der Waals surface area contributed by atoms with Crippen LogP contribution >= 0.6 is 24.8 Å². The van der Waals surface area contributed by atoms with Crippen molar-refractivity contribution in [1.82, 2.24) is 20.4 Å². The highest BCUT2D eigenvalue weighted by Gasteiger charge is 2.46. The molecule has 11 heteroatoms. The standard InChI is InChI=1S/C23H29N5O4.2ClH/c29-19-5-4-18(21(30)25-19)28-22(31)16-2-1-3-17(20(16)23(28)32)27-12-10-26(11-13-27)14-15-6-8-24-9-7-15;;/h1-3,15,18,24H,4-14H2,(H,25,29,30);2*1H. The van der Waals surface area contributed by atoms with Gasteiger partial charge in [-0.1, -0.05) is 6.07 Å². The van der Waals surface area contributed by atoms with Gasteiger partial charge < -0.3 is 10.2 Å². The highest BCUT2D eigenvalue weighted by atomic mass is 35.5. The number of imide groups is 2. The van der Waals surface area contributed by atoms with Crippen molar-refractivity contribution in [2.45, 2.75) is 31.7 Å². The number of anilines is 1. The lowest BCUT2D eigenvalue weighted by molar-refractivity contribution is -0.136. The summed E-state index contributed by atoms with van der Waals surface area (Å²) in [6.07, 6.45) is 2.73. The van der Waals surface area contributed by atoms with Gasteiger partial charge in [-0.3, -0.25) is 34.3 Å². The van der Waals surface area contributed by atoms with Gasteiger partial charge in [0, 0.05) is 39.1 Å². The van der Waals surface area contributed by atoms with Crippen LogP contribution in [0.2, 0.25) is 0 Å². The predicted molar refractivity (Wildman–Crippen MR) is 132 cm³/mol. The number of rotatable bonds is 4. The number of nitrogens with one attached hydrogen (secondary N) is 2. The van der Waals surface area contributed by atoms with Gasteiger partial charge >= 0.3 is 0 Å². The summed E-state index contributed by atoms with van der Waals surface area (Å²) in [5.41, 5.74) is 1.49. The Morgan fingerprint density at radius 1 is 0.882 bits per heavy atom. The third-order valence-electron chi connectivity index (χ3n) is 7.13. The number of amides is 4. The summed E-state index contributed by atoms with van der Waals surface area (Å²) in [6, 6.07) is 4.41. The summed E-state index contributed by atoms with van der Waals surface area (Å²) in [4.78, 5) is 55.9. The molecule has 4 aliphatic heterocycles. The van der Waals surface area contributed by atoms with Gasteiger partial charge in [-0.2, -0.15) is 0 Å². The molecule has 186 valence electrons. The van der Waals surface area contributed by atoms with E-state index in [-0.39, 0.29) is 43.6 Å². The van der Waals surface area contributed by atoms with Crippen LogP contribution in [0.3, 0.4) is 0 Å². The number of halogens is 2. The minimum Gasteiger partial charge on any atom is -0.368 e. The van der Waals surface area contributed by atoms with Crippen molar-refractivity contribution in [3.05, 3.63) is 29.3 Å². The first-order valence-electron chi connectivity index (χ1n) is 11.6. The summed E-state index contributed by atoms with van der Waals surface area (Å²) < 4.78 is 0. The number of carbonyl (C=O) groups is 4. The number of hydrogen-bond donors (Lipinski definition) is 2. The normalized spacial score (nSPS) is 23.8. The highest BCUT2D eigenvalue weighted by Crippen LogP contribution is 2.34. The maximum atomic E-state index is 13.3. The van der Waals surface area contributed by atoms with E-state index in [1.807, 2.05) is 6.07 Å². The van der Waals surface area contributed by atoms with E-state index < -0.39 is 23.8 Å². The van der Waals surface area contributed by atoms with Crippen molar-refractivity contribution in [2.75, 3.05) is 50.7 Å². The van der Waals surface area contributed by atoms with Gasteiger partial charge in [0.05, 0.1) is 16.8 Å². The molecule has 1 aromatic rings. The Bertz CT molecular complexity index is 961. The molecule has 0 aromatic heterocycles. The lowest BCUT2D eigenvalue weighted by Gasteiger charge is -2.38. The van der Waals surface area contributed by atoms with Gasteiger partial charge in [0.15, 0.2) is 0 Å². The zero-order valence-electron chi connectivity index (χ0n) is 19.0. The van der Waals surface area contributed by atoms with Gasteiger partial charge in [0.25, 0.3) is 11.8 Å². The summed E-state index contributed by atoms with van der Waals surface area (Å²) >= 11 is 0. The predicted octanol–water partition coefficient (Wildman–Crippen LogP) is 1.05. The molecule has 1 atom stereocenters. The molecule has 0 aliphatic carbocycles. The first-order chi connectivity index (χ1) is 15.5. The minimum atomic E-state index is -0.935. The van der Waals surface area contributed by atoms with Crippen molar-refractivity contribution in [2.24, 2.45) is 5.92 Å². The maximum absolute atomic E-state index is 13.3. The number of fused-ring (bicyclic) bond motifs is 1. The Labute approximate surface area is 211 Å². The molecule has 3 saturated heterocycles. The van der Waals surface area contributed by atoms with Crippen molar-refractivity contribution < 1.29 is 19.2 Å². The molecule has 0 radical (unpaired) electrons. The Morgan fingerprint density at radius 2 is 1.59 bits per heavy atom. The zero-order valence-corrected chi connectivity index (χ0v) is 20.6. The molecule has 5 rings (SSSR count). The lowest BCUT2D eigenvalue weighted by Crippen LogP contribution is -2.54. The molecule has 3 fully saturated rings. The number of nitrogens with zero attached hydrogens (tertiary/aromatic N) is 3. The number of piperazine rings is 1. The molecule has 1 unspecified atom stereocenters. The molecule has 1 aromatic carbocycles. The summed E-state index contributed by atoms with van der Waals surface area (Å²) in [7, 11) is 0. The van der Waals surface area contributed by atoms with E-state index in [2.05, 4.69) is 20.4 Å². The number of benzene rings is 1. The molecule has 0 bridgehead atoms. The van der Waals surface area contributed by atoms with Crippen LogP contribution in [0.15, 0.2) is 18.2 Å². The molecule has 2 N–H and O–H groups in total. The summed E-state index contributed by atoms with van der Waals surface area (Å²) in [5.74, 6) is -1.10. The molecule has 4 amide bonds. The molecule has 0 saturated carbocycles. The van der Waals surface area contributed by atoms with Crippen LogP contribution in [-0.2, 0) is 9.59 Å². The minimum absolute atomic E-state index is 0. The average Bonchev–Trinajstić information content (AvgIpc) is 3.06. The Balaban J connectivity index is 0.00000162. The zero-order chi connectivity index (χ0) is 22.2. The molecule has 4 heterocycles.